The summed E-state index contributed by atoms with van der Waals surface area (Å²) >= 11 is 0. The Morgan fingerprint density at radius 2 is 1.91 bits per heavy atom. The summed E-state index contributed by atoms with van der Waals surface area (Å²) < 4.78 is 5.56. The Morgan fingerprint density at radius 1 is 1.09 bits per heavy atom. The second-order valence-electron chi connectivity index (χ2n) is 8.98. The summed E-state index contributed by atoms with van der Waals surface area (Å²) in [5, 5.41) is 16.2. The van der Waals surface area contributed by atoms with Crippen LogP contribution in [0.3, 0.4) is 0 Å². The predicted octanol–water partition coefficient (Wildman–Crippen LogP) is 4.41. The molecule has 6 rings (SSSR count). The van der Waals surface area contributed by atoms with Gasteiger partial charge in [0.05, 0.1) is 18.3 Å². The molecule has 2 fully saturated rings. The summed E-state index contributed by atoms with van der Waals surface area (Å²) in [7, 11) is 1.66. The Morgan fingerprint density at radius 3 is 2.69 bits per heavy atom. The number of nitrogens with zero attached hydrogens (tertiary/aromatic N) is 3. The van der Waals surface area contributed by atoms with E-state index in [0.717, 1.165) is 57.3 Å². The van der Waals surface area contributed by atoms with E-state index in [2.05, 4.69) is 29.3 Å². The SMILES string of the molecule is COc1cc(N2CC3CCC(C2)N3)c2ncc(-c3cc(O)cc4cccc(C)c34)cc2n1. The highest BCUT2D eigenvalue weighted by molar-refractivity contribution is 6.01. The highest BCUT2D eigenvalue weighted by atomic mass is 16.5. The summed E-state index contributed by atoms with van der Waals surface area (Å²) in [5.41, 5.74) is 5.81. The number of pyridine rings is 2. The zero-order valence-corrected chi connectivity index (χ0v) is 18.3. The number of aromatic nitrogens is 2. The number of rotatable bonds is 3. The molecule has 6 nitrogen and oxygen atoms in total. The van der Waals surface area contributed by atoms with E-state index in [-0.39, 0.29) is 5.75 Å². The third-order valence-corrected chi connectivity index (χ3v) is 6.85. The number of fused-ring (bicyclic) bond motifs is 4. The molecule has 2 aromatic carbocycles. The lowest BCUT2D eigenvalue weighted by Gasteiger charge is -2.35. The van der Waals surface area contributed by atoms with E-state index in [9.17, 15) is 5.11 Å². The molecule has 2 aliphatic rings. The van der Waals surface area contributed by atoms with Gasteiger partial charge < -0.3 is 20.1 Å². The minimum Gasteiger partial charge on any atom is -0.508 e. The van der Waals surface area contributed by atoms with Gasteiger partial charge in [-0.25, -0.2) is 4.98 Å². The smallest absolute Gasteiger partial charge is 0.215 e. The summed E-state index contributed by atoms with van der Waals surface area (Å²) in [6, 6.07) is 14.9. The topological polar surface area (TPSA) is 70.5 Å². The van der Waals surface area contributed by atoms with Crippen LogP contribution in [0.2, 0.25) is 0 Å². The van der Waals surface area contributed by atoms with Gasteiger partial charge in [-0.3, -0.25) is 4.98 Å². The van der Waals surface area contributed by atoms with Gasteiger partial charge in [0, 0.05) is 43.0 Å². The lowest BCUT2D eigenvalue weighted by Crippen LogP contribution is -2.51. The van der Waals surface area contributed by atoms with Gasteiger partial charge in [-0.05, 0) is 59.9 Å². The number of phenols is 1. The molecule has 2 aromatic heterocycles. The number of phenolic OH excluding ortho intramolecular Hbond substituents is 1. The molecule has 0 radical (unpaired) electrons. The molecule has 6 heteroatoms. The van der Waals surface area contributed by atoms with Gasteiger partial charge in [0.25, 0.3) is 0 Å². The number of anilines is 1. The van der Waals surface area contributed by atoms with Gasteiger partial charge in [0.15, 0.2) is 0 Å². The van der Waals surface area contributed by atoms with Crippen LogP contribution >= 0.6 is 0 Å². The molecule has 4 heterocycles. The number of aromatic hydroxyl groups is 1. The van der Waals surface area contributed by atoms with Crippen LogP contribution in [-0.4, -0.2) is 47.4 Å². The quantitative estimate of drug-likeness (QED) is 0.506. The molecule has 2 saturated heterocycles. The minimum atomic E-state index is 0.244. The fourth-order valence-electron chi connectivity index (χ4n) is 5.39. The monoisotopic (exact) mass is 426 g/mol. The first-order valence-corrected chi connectivity index (χ1v) is 11.2. The number of benzene rings is 2. The first-order chi connectivity index (χ1) is 15.6. The third kappa shape index (κ3) is 3.14. The first-order valence-electron chi connectivity index (χ1n) is 11.2. The van der Waals surface area contributed by atoms with E-state index in [1.54, 1.807) is 13.2 Å². The second-order valence-corrected chi connectivity index (χ2v) is 8.98. The van der Waals surface area contributed by atoms with Crippen molar-refractivity contribution in [1.82, 2.24) is 15.3 Å². The largest absolute Gasteiger partial charge is 0.508 e. The average molecular weight is 427 g/mol. The standard InChI is InChI=1S/C26H26N4O2/c1-15-4-3-5-16-8-20(31)10-21(25(15)16)17-9-22-26(27-12-17)23(11-24(29-22)32-2)30-13-18-6-7-19(14-30)28-18/h3-5,8-12,18-19,28,31H,6-7,13-14H2,1-2H3. The molecular formula is C26H26N4O2. The molecular weight excluding hydrogens is 400 g/mol. The Kier molecular flexibility index (Phi) is 4.43. The molecule has 2 bridgehead atoms. The van der Waals surface area contributed by atoms with E-state index >= 15 is 0 Å². The fraction of sp³-hybridized carbons (Fsp3) is 0.308. The Balaban J connectivity index is 1.52. The summed E-state index contributed by atoms with van der Waals surface area (Å²) in [4.78, 5) is 12.0. The molecule has 0 amide bonds. The van der Waals surface area contributed by atoms with E-state index in [1.165, 1.54) is 12.8 Å². The number of nitrogens with one attached hydrogen (secondary N) is 1. The van der Waals surface area contributed by atoms with Crippen LogP contribution in [0.15, 0.2) is 48.7 Å². The Hall–Kier alpha value is -3.38. The van der Waals surface area contributed by atoms with Crippen molar-refractivity contribution < 1.29 is 9.84 Å². The van der Waals surface area contributed by atoms with Crippen molar-refractivity contribution in [2.75, 3.05) is 25.1 Å². The number of hydrogen-bond donors (Lipinski definition) is 2. The number of aryl methyl sites for hydroxylation is 1. The van der Waals surface area contributed by atoms with E-state index in [1.807, 2.05) is 30.5 Å². The fourth-order valence-corrected chi connectivity index (χ4v) is 5.39. The maximum absolute atomic E-state index is 10.4. The van der Waals surface area contributed by atoms with Gasteiger partial charge in [-0.15, -0.1) is 0 Å². The number of methoxy groups -OCH3 is 1. The maximum Gasteiger partial charge on any atom is 0.215 e. The third-order valence-electron chi connectivity index (χ3n) is 6.85. The molecule has 4 aromatic rings. The number of ether oxygens (including phenoxy) is 1. The minimum absolute atomic E-state index is 0.244. The molecule has 2 aliphatic heterocycles. The normalized spacial score (nSPS) is 20.2. The van der Waals surface area contributed by atoms with Gasteiger partial charge in [0.1, 0.15) is 11.3 Å². The van der Waals surface area contributed by atoms with E-state index in [0.29, 0.717) is 18.0 Å². The molecule has 162 valence electrons. The van der Waals surface area contributed by atoms with Gasteiger partial charge in [0.2, 0.25) is 5.88 Å². The van der Waals surface area contributed by atoms with Crippen molar-refractivity contribution in [3.05, 3.63) is 54.2 Å². The van der Waals surface area contributed by atoms with E-state index in [4.69, 9.17) is 14.7 Å². The molecule has 32 heavy (non-hydrogen) atoms. The Bertz CT molecular complexity index is 1340. The van der Waals surface area contributed by atoms with Crippen molar-refractivity contribution in [1.29, 1.82) is 0 Å². The summed E-state index contributed by atoms with van der Waals surface area (Å²) in [6.07, 6.45) is 4.35. The summed E-state index contributed by atoms with van der Waals surface area (Å²) in [5.74, 6) is 0.836. The molecule has 2 unspecified atom stereocenters. The number of piperazine rings is 1. The van der Waals surface area contributed by atoms with Gasteiger partial charge in [-0.1, -0.05) is 18.2 Å². The predicted molar refractivity (Wildman–Crippen MR) is 128 cm³/mol. The van der Waals surface area contributed by atoms with Crippen molar-refractivity contribution in [2.24, 2.45) is 0 Å². The molecule has 0 spiro atoms. The molecule has 2 N–H and O–H groups in total. The average Bonchev–Trinajstić information content (AvgIpc) is 3.14. The first kappa shape index (κ1) is 19.3. The summed E-state index contributed by atoms with van der Waals surface area (Å²) in [6.45, 7) is 4.03. The lowest BCUT2D eigenvalue weighted by molar-refractivity contribution is 0.399. The van der Waals surface area contributed by atoms with Crippen LogP contribution in [0.5, 0.6) is 11.6 Å². The van der Waals surface area contributed by atoms with Crippen LogP contribution < -0.4 is 15.0 Å². The molecule has 0 saturated carbocycles. The zero-order chi connectivity index (χ0) is 21.8. The van der Waals surface area contributed by atoms with Crippen LogP contribution in [0.25, 0.3) is 32.9 Å². The van der Waals surface area contributed by atoms with Crippen molar-refractivity contribution in [3.63, 3.8) is 0 Å². The van der Waals surface area contributed by atoms with Crippen molar-refractivity contribution in [3.8, 4) is 22.8 Å². The van der Waals surface area contributed by atoms with Crippen LogP contribution in [0, 0.1) is 6.92 Å². The van der Waals surface area contributed by atoms with Crippen LogP contribution in [0.1, 0.15) is 18.4 Å². The molecule has 2 atom stereocenters. The van der Waals surface area contributed by atoms with E-state index < -0.39 is 0 Å². The van der Waals surface area contributed by atoms with Crippen molar-refractivity contribution >= 4 is 27.5 Å². The van der Waals surface area contributed by atoms with Crippen molar-refractivity contribution in [2.45, 2.75) is 31.8 Å². The van der Waals surface area contributed by atoms with Gasteiger partial charge >= 0.3 is 0 Å². The Labute approximate surface area is 186 Å². The van der Waals surface area contributed by atoms with Gasteiger partial charge in [-0.2, -0.15) is 0 Å². The van der Waals surface area contributed by atoms with Crippen LogP contribution in [0.4, 0.5) is 5.69 Å². The lowest BCUT2D eigenvalue weighted by atomic mass is 9.95. The number of hydrogen-bond acceptors (Lipinski definition) is 6. The second kappa shape index (κ2) is 7.35. The van der Waals surface area contributed by atoms with Crippen LogP contribution in [-0.2, 0) is 0 Å². The maximum atomic E-state index is 10.4. The molecule has 0 aliphatic carbocycles. The highest BCUT2D eigenvalue weighted by Gasteiger charge is 2.33. The highest BCUT2D eigenvalue weighted by Crippen LogP contribution is 2.37. The zero-order valence-electron chi connectivity index (χ0n) is 18.3.